The number of benzene rings is 2. The molecule has 1 amide bonds. The van der Waals surface area contributed by atoms with Gasteiger partial charge in [-0.2, -0.15) is 0 Å². The van der Waals surface area contributed by atoms with Crippen molar-refractivity contribution in [3.8, 4) is 5.75 Å². The molecule has 0 bridgehead atoms. The lowest BCUT2D eigenvalue weighted by Crippen LogP contribution is -2.36. The summed E-state index contributed by atoms with van der Waals surface area (Å²) in [6.07, 6.45) is 6.27. The number of carbonyl (C=O) groups excluding carboxylic acids is 1. The van der Waals surface area contributed by atoms with Crippen LogP contribution < -0.4 is 9.64 Å². The van der Waals surface area contributed by atoms with Crippen molar-refractivity contribution in [1.82, 2.24) is 14.5 Å². The number of carbonyl (C=O) groups is 1. The monoisotopic (exact) mass is 434 g/mol. The molecule has 0 radical (unpaired) electrons. The molecule has 0 saturated carbocycles. The second kappa shape index (κ2) is 9.31. The number of aryl methyl sites for hydroxylation is 4. The van der Waals surface area contributed by atoms with Crippen LogP contribution in [0.2, 0.25) is 0 Å². The van der Waals surface area contributed by atoms with Gasteiger partial charge in [-0.1, -0.05) is 41.2 Å². The van der Waals surface area contributed by atoms with E-state index in [9.17, 15) is 4.79 Å². The maximum Gasteiger partial charge on any atom is 0.266 e. The van der Waals surface area contributed by atoms with Gasteiger partial charge in [0, 0.05) is 25.5 Å². The zero-order chi connectivity index (χ0) is 21.8. The SMILES string of the molecule is Cc1ccc(OCC(=O)N(CCCn2ccnc2)c2nc3c(C)ccc(C)c3s2)cc1. The number of nitrogens with zero attached hydrogens (tertiary/aromatic N) is 4. The maximum absolute atomic E-state index is 13.2. The van der Waals surface area contributed by atoms with Gasteiger partial charge in [0.1, 0.15) is 5.75 Å². The van der Waals surface area contributed by atoms with E-state index in [0.717, 1.165) is 39.4 Å². The highest BCUT2D eigenvalue weighted by Crippen LogP contribution is 2.33. The van der Waals surface area contributed by atoms with Crippen LogP contribution in [0.3, 0.4) is 0 Å². The minimum absolute atomic E-state index is 0.0258. The largest absolute Gasteiger partial charge is 0.484 e. The first-order valence-corrected chi connectivity index (χ1v) is 11.2. The second-order valence-electron chi connectivity index (χ2n) is 7.67. The summed E-state index contributed by atoms with van der Waals surface area (Å²) >= 11 is 1.57. The quantitative estimate of drug-likeness (QED) is 0.395. The van der Waals surface area contributed by atoms with Crippen molar-refractivity contribution in [1.29, 1.82) is 0 Å². The lowest BCUT2D eigenvalue weighted by molar-refractivity contribution is -0.120. The lowest BCUT2D eigenvalue weighted by atomic mass is 10.1. The smallest absolute Gasteiger partial charge is 0.266 e. The van der Waals surface area contributed by atoms with Crippen molar-refractivity contribution in [3.05, 3.63) is 71.8 Å². The van der Waals surface area contributed by atoms with E-state index in [0.29, 0.717) is 12.3 Å². The molecule has 160 valence electrons. The fraction of sp³-hybridized carbons (Fsp3) is 0.292. The first kappa shape index (κ1) is 21.1. The van der Waals surface area contributed by atoms with Crippen LogP contribution in [-0.4, -0.2) is 33.6 Å². The summed E-state index contributed by atoms with van der Waals surface area (Å²) in [5, 5.41) is 0.718. The Balaban J connectivity index is 1.54. The zero-order valence-corrected chi connectivity index (χ0v) is 18.9. The minimum Gasteiger partial charge on any atom is -0.484 e. The van der Waals surface area contributed by atoms with Gasteiger partial charge in [0.05, 0.1) is 16.5 Å². The molecule has 2 heterocycles. The van der Waals surface area contributed by atoms with Crippen LogP contribution in [0.4, 0.5) is 5.13 Å². The minimum atomic E-state index is -0.0967. The van der Waals surface area contributed by atoms with E-state index in [4.69, 9.17) is 9.72 Å². The Morgan fingerprint density at radius 2 is 1.87 bits per heavy atom. The van der Waals surface area contributed by atoms with Gasteiger partial charge in [-0.25, -0.2) is 9.97 Å². The summed E-state index contributed by atoms with van der Waals surface area (Å²) in [6.45, 7) is 7.47. The number of rotatable bonds is 8. The Bertz CT molecular complexity index is 1130. The summed E-state index contributed by atoms with van der Waals surface area (Å²) in [4.78, 5) is 23.8. The van der Waals surface area contributed by atoms with Crippen LogP contribution in [0.1, 0.15) is 23.1 Å². The average molecular weight is 435 g/mol. The number of anilines is 1. The van der Waals surface area contributed by atoms with Crippen LogP contribution in [0.25, 0.3) is 10.2 Å². The van der Waals surface area contributed by atoms with Gasteiger partial charge in [-0.05, 0) is 50.5 Å². The Morgan fingerprint density at radius 1 is 1.10 bits per heavy atom. The van der Waals surface area contributed by atoms with Crippen LogP contribution in [-0.2, 0) is 11.3 Å². The summed E-state index contributed by atoms with van der Waals surface area (Å²) in [5.74, 6) is 0.592. The fourth-order valence-electron chi connectivity index (χ4n) is 3.38. The number of fused-ring (bicyclic) bond motifs is 1. The Morgan fingerprint density at radius 3 is 2.58 bits per heavy atom. The molecule has 2 aromatic heterocycles. The molecule has 0 N–H and O–H groups in total. The van der Waals surface area contributed by atoms with E-state index in [1.807, 2.05) is 42.0 Å². The van der Waals surface area contributed by atoms with Crippen molar-refractivity contribution < 1.29 is 9.53 Å². The Labute approximate surface area is 186 Å². The van der Waals surface area contributed by atoms with Crippen molar-refractivity contribution in [2.24, 2.45) is 0 Å². The van der Waals surface area contributed by atoms with Crippen molar-refractivity contribution in [2.75, 3.05) is 18.1 Å². The summed E-state index contributed by atoms with van der Waals surface area (Å²) in [7, 11) is 0. The normalized spacial score (nSPS) is 11.1. The van der Waals surface area contributed by atoms with E-state index in [-0.39, 0.29) is 12.5 Å². The first-order valence-electron chi connectivity index (χ1n) is 10.3. The van der Waals surface area contributed by atoms with Gasteiger partial charge >= 0.3 is 0 Å². The molecule has 0 spiro atoms. The predicted octanol–water partition coefficient (Wildman–Crippen LogP) is 4.92. The number of amides is 1. The maximum atomic E-state index is 13.2. The van der Waals surface area contributed by atoms with E-state index < -0.39 is 0 Å². The molecule has 2 aromatic carbocycles. The molecular formula is C24H26N4O2S. The highest BCUT2D eigenvalue weighted by Gasteiger charge is 2.21. The molecule has 0 atom stereocenters. The third-order valence-corrected chi connectivity index (χ3v) is 6.42. The molecule has 0 unspecified atom stereocenters. The highest BCUT2D eigenvalue weighted by atomic mass is 32.1. The van der Waals surface area contributed by atoms with Crippen LogP contribution in [0.15, 0.2) is 55.1 Å². The molecule has 0 aliphatic rings. The zero-order valence-electron chi connectivity index (χ0n) is 18.0. The highest BCUT2D eigenvalue weighted by molar-refractivity contribution is 7.22. The number of hydrogen-bond donors (Lipinski definition) is 0. The van der Waals surface area contributed by atoms with Gasteiger partial charge in [0.15, 0.2) is 11.7 Å². The van der Waals surface area contributed by atoms with Gasteiger partial charge in [-0.15, -0.1) is 0 Å². The van der Waals surface area contributed by atoms with Crippen molar-refractivity contribution in [3.63, 3.8) is 0 Å². The molecule has 0 aliphatic heterocycles. The molecule has 4 rings (SSSR count). The van der Waals surface area contributed by atoms with E-state index in [1.54, 1.807) is 28.8 Å². The topological polar surface area (TPSA) is 60.2 Å². The lowest BCUT2D eigenvalue weighted by Gasteiger charge is -2.20. The first-order chi connectivity index (χ1) is 15.0. The fourth-order valence-corrected chi connectivity index (χ4v) is 4.53. The Hall–Kier alpha value is -3.19. The molecular weight excluding hydrogens is 408 g/mol. The number of thiazole rings is 1. The number of hydrogen-bond acceptors (Lipinski definition) is 5. The summed E-state index contributed by atoms with van der Waals surface area (Å²) in [6, 6.07) is 11.9. The number of imidazole rings is 1. The Kier molecular flexibility index (Phi) is 6.32. The van der Waals surface area contributed by atoms with E-state index in [2.05, 4.69) is 31.0 Å². The van der Waals surface area contributed by atoms with Gasteiger partial charge < -0.3 is 9.30 Å². The predicted molar refractivity (Wildman–Crippen MR) is 125 cm³/mol. The molecule has 7 heteroatoms. The molecule has 6 nitrogen and oxygen atoms in total. The molecule has 4 aromatic rings. The van der Waals surface area contributed by atoms with Gasteiger partial charge in [-0.3, -0.25) is 9.69 Å². The molecule has 0 fully saturated rings. The average Bonchev–Trinajstić information content (AvgIpc) is 3.44. The summed E-state index contributed by atoms with van der Waals surface area (Å²) in [5.41, 5.74) is 4.41. The van der Waals surface area contributed by atoms with Crippen molar-refractivity contribution in [2.45, 2.75) is 33.7 Å². The molecule has 0 aliphatic carbocycles. The van der Waals surface area contributed by atoms with Crippen LogP contribution >= 0.6 is 11.3 Å². The third kappa shape index (κ3) is 4.94. The standard InChI is InChI=1S/C24H26N4O2S/c1-17-5-9-20(10-6-17)30-15-21(29)28(13-4-12-27-14-11-25-16-27)24-26-22-18(2)7-8-19(3)23(22)31-24/h5-11,14,16H,4,12-13,15H2,1-3H3. The molecule has 0 saturated heterocycles. The van der Waals surface area contributed by atoms with Crippen LogP contribution in [0, 0.1) is 20.8 Å². The third-order valence-electron chi connectivity index (χ3n) is 5.20. The number of ether oxygens (including phenoxy) is 1. The molecule has 31 heavy (non-hydrogen) atoms. The van der Waals surface area contributed by atoms with E-state index in [1.165, 1.54) is 5.56 Å². The van der Waals surface area contributed by atoms with Gasteiger partial charge in [0.25, 0.3) is 5.91 Å². The summed E-state index contributed by atoms with van der Waals surface area (Å²) < 4.78 is 8.91. The number of aromatic nitrogens is 3. The van der Waals surface area contributed by atoms with Crippen LogP contribution in [0.5, 0.6) is 5.75 Å². The van der Waals surface area contributed by atoms with Gasteiger partial charge in [0.2, 0.25) is 0 Å². The van der Waals surface area contributed by atoms with Crippen molar-refractivity contribution >= 4 is 32.6 Å². The van der Waals surface area contributed by atoms with E-state index >= 15 is 0 Å². The second-order valence-corrected chi connectivity index (χ2v) is 8.65.